The molecular formula is C33H41N7O5. The number of carbonyl (C=O) groups excluding carboxylic acids is 2. The van der Waals surface area contributed by atoms with Gasteiger partial charge < -0.3 is 29.7 Å². The molecule has 0 aromatic heterocycles. The van der Waals surface area contributed by atoms with Gasteiger partial charge in [0.25, 0.3) is 0 Å². The quantitative estimate of drug-likeness (QED) is 0.0905. The fraction of sp³-hybridized carbons (Fsp3) is 0.394. The molecule has 45 heavy (non-hydrogen) atoms. The average molecular weight is 616 g/mol. The molecule has 0 amide bonds. The highest BCUT2D eigenvalue weighted by molar-refractivity contribution is 6.00. The van der Waals surface area contributed by atoms with Crippen LogP contribution in [0, 0.1) is 11.5 Å². The Morgan fingerprint density at radius 2 is 1.64 bits per heavy atom. The summed E-state index contributed by atoms with van der Waals surface area (Å²) in [5.74, 6) is -0.652. The van der Waals surface area contributed by atoms with Crippen molar-refractivity contribution in [1.82, 2.24) is 15.5 Å². The van der Waals surface area contributed by atoms with Crippen LogP contribution in [0.5, 0.6) is 5.75 Å². The van der Waals surface area contributed by atoms with Crippen LogP contribution in [-0.2, 0) is 19.1 Å². The second-order valence-corrected chi connectivity index (χ2v) is 10.7. The third kappa shape index (κ3) is 8.13. The van der Waals surface area contributed by atoms with Gasteiger partial charge >= 0.3 is 11.9 Å². The second-order valence-electron chi connectivity index (χ2n) is 10.7. The van der Waals surface area contributed by atoms with Crippen LogP contribution in [-0.4, -0.2) is 83.4 Å². The van der Waals surface area contributed by atoms with E-state index < -0.39 is 17.9 Å². The van der Waals surface area contributed by atoms with E-state index in [4.69, 9.17) is 14.2 Å². The van der Waals surface area contributed by atoms with Gasteiger partial charge in [0, 0.05) is 68.1 Å². The first-order chi connectivity index (χ1) is 21.8. The van der Waals surface area contributed by atoms with Crippen molar-refractivity contribution in [3.8, 4) is 11.9 Å². The second kappa shape index (κ2) is 15.6. The summed E-state index contributed by atoms with van der Waals surface area (Å²) in [6, 6.07) is 15.4. The van der Waals surface area contributed by atoms with E-state index in [-0.39, 0.29) is 0 Å². The Kier molecular flexibility index (Phi) is 11.4. The molecule has 0 aliphatic carbocycles. The standard InChI is InChI=1S/C33H41N7O5/c1-22-28(31(41)44-4)30(29(23(2)37-22)32(42)45-5)24-9-6-10-25(19-24)38-33(36-21-34)35-13-8-14-39-15-17-40(18-16-39)26-11-7-12-27(20-26)43-3/h6-7,9-12,19-20,30,37H,8,13-18H2,1-5H3,(H2,35,36,38). The maximum absolute atomic E-state index is 12.9. The predicted molar refractivity (Wildman–Crippen MR) is 173 cm³/mol. The Morgan fingerprint density at radius 3 is 2.27 bits per heavy atom. The van der Waals surface area contributed by atoms with Gasteiger partial charge in [-0.2, -0.15) is 5.26 Å². The zero-order chi connectivity index (χ0) is 32.3. The topological polar surface area (TPSA) is 141 Å². The van der Waals surface area contributed by atoms with Gasteiger partial charge in [0.05, 0.1) is 38.4 Å². The van der Waals surface area contributed by atoms with Gasteiger partial charge in [0.15, 0.2) is 6.19 Å². The lowest BCUT2D eigenvalue weighted by Gasteiger charge is -2.36. The zero-order valence-corrected chi connectivity index (χ0v) is 26.5. The lowest BCUT2D eigenvalue weighted by molar-refractivity contribution is -0.137. The summed E-state index contributed by atoms with van der Waals surface area (Å²) in [5.41, 5.74) is 4.27. The summed E-state index contributed by atoms with van der Waals surface area (Å²) in [5, 5.41) is 18.3. The molecule has 0 radical (unpaired) electrons. The number of nitrogens with zero attached hydrogens (tertiary/aromatic N) is 4. The maximum atomic E-state index is 12.9. The molecule has 0 unspecified atom stereocenters. The Hall–Kier alpha value is -5.02. The summed E-state index contributed by atoms with van der Waals surface area (Å²) in [6.07, 6.45) is 2.77. The molecule has 2 aliphatic rings. The summed E-state index contributed by atoms with van der Waals surface area (Å²) >= 11 is 0. The number of nitrogens with one attached hydrogen (secondary N) is 3. The highest BCUT2D eigenvalue weighted by atomic mass is 16.5. The Bertz CT molecular complexity index is 1480. The van der Waals surface area contributed by atoms with Crippen LogP contribution in [0.4, 0.5) is 11.4 Å². The SMILES string of the molecule is COC(=O)C1=C(C)NC(C)=C(C(=O)OC)C1c1cccc(NC(=NCCCN2CCN(c3cccc(OC)c3)CC2)NC#N)c1. The summed E-state index contributed by atoms with van der Waals surface area (Å²) in [6.45, 7) is 8.72. The smallest absolute Gasteiger partial charge is 0.336 e. The molecule has 3 N–H and O–H groups in total. The third-order valence-corrected chi connectivity index (χ3v) is 7.92. The third-order valence-electron chi connectivity index (χ3n) is 7.92. The first-order valence-electron chi connectivity index (χ1n) is 14.8. The van der Waals surface area contributed by atoms with Crippen LogP contribution in [0.3, 0.4) is 0 Å². The van der Waals surface area contributed by atoms with Gasteiger partial charge in [-0.05, 0) is 50.1 Å². The van der Waals surface area contributed by atoms with Gasteiger partial charge in [-0.1, -0.05) is 18.2 Å². The number of methoxy groups -OCH3 is 3. The van der Waals surface area contributed by atoms with Crippen LogP contribution >= 0.6 is 0 Å². The first kappa shape index (κ1) is 32.9. The molecule has 0 saturated carbocycles. The minimum Gasteiger partial charge on any atom is -0.497 e. The number of rotatable bonds is 10. The van der Waals surface area contributed by atoms with Crippen LogP contribution in [0.15, 0.2) is 76.1 Å². The van der Waals surface area contributed by atoms with E-state index in [1.807, 2.05) is 42.6 Å². The van der Waals surface area contributed by atoms with Crippen molar-refractivity contribution in [1.29, 1.82) is 5.26 Å². The van der Waals surface area contributed by atoms with Gasteiger partial charge in [-0.25, -0.2) is 9.59 Å². The van der Waals surface area contributed by atoms with Crippen molar-refractivity contribution in [2.24, 2.45) is 4.99 Å². The lowest BCUT2D eigenvalue weighted by Crippen LogP contribution is -2.46. The molecule has 0 atom stereocenters. The van der Waals surface area contributed by atoms with E-state index in [0.717, 1.165) is 44.9 Å². The van der Waals surface area contributed by atoms with E-state index in [9.17, 15) is 14.9 Å². The Morgan fingerprint density at radius 1 is 0.978 bits per heavy atom. The summed E-state index contributed by atoms with van der Waals surface area (Å²) in [7, 11) is 4.29. The van der Waals surface area contributed by atoms with E-state index in [0.29, 0.717) is 46.3 Å². The van der Waals surface area contributed by atoms with Crippen molar-refractivity contribution in [3.05, 3.63) is 76.6 Å². The average Bonchev–Trinajstić information content (AvgIpc) is 3.06. The number of piperazine rings is 1. The summed E-state index contributed by atoms with van der Waals surface area (Å²) < 4.78 is 15.5. The number of nitriles is 1. The normalized spacial score (nSPS) is 16.1. The maximum Gasteiger partial charge on any atom is 0.336 e. The van der Waals surface area contributed by atoms with E-state index >= 15 is 0 Å². The van der Waals surface area contributed by atoms with Gasteiger partial charge in [-0.3, -0.25) is 15.2 Å². The predicted octanol–water partition coefficient (Wildman–Crippen LogP) is 3.33. The number of hydrogen-bond acceptors (Lipinski definition) is 10. The van der Waals surface area contributed by atoms with Crippen molar-refractivity contribution < 1.29 is 23.8 Å². The highest BCUT2D eigenvalue weighted by Gasteiger charge is 2.37. The van der Waals surface area contributed by atoms with E-state index in [1.54, 1.807) is 21.0 Å². The Labute approximate surface area is 264 Å². The molecule has 12 nitrogen and oxygen atoms in total. The lowest BCUT2D eigenvalue weighted by atomic mass is 9.80. The van der Waals surface area contributed by atoms with Crippen molar-refractivity contribution in [2.75, 3.05) is 70.8 Å². The fourth-order valence-corrected chi connectivity index (χ4v) is 5.71. The number of guanidine groups is 1. The number of benzene rings is 2. The fourth-order valence-electron chi connectivity index (χ4n) is 5.71. The largest absolute Gasteiger partial charge is 0.497 e. The van der Waals surface area contributed by atoms with Crippen molar-refractivity contribution >= 4 is 29.3 Å². The number of aliphatic imine (C=N–C) groups is 1. The van der Waals surface area contributed by atoms with E-state index in [2.05, 4.69) is 42.9 Å². The van der Waals surface area contributed by atoms with E-state index in [1.165, 1.54) is 19.9 Å². The number of carbonyl (C=O) groups is 2. The summed E-state index contributed by atoms with van der Waals surface area (Å²) in [4.78, 5) is 35.1. The number of ether oxygens (including phenoxy) is 3. The van der Waals surface area contributed by atoms with Crippen LogP contribution in [0.2, 0.25) is 0 Å². The number of dihydropyridines is 1. The van der Waals surface area contributed by atoms with Crippen LogP contribution in [0.1, 0.15) is 31.7 Å². The molecule has 4 rings (SSSR count). The highest BCUT2D eigenvalue weighted by Crippen LogP contribution is 2.39. The monoisotopic (exact) mass is 615 g/mol. The number of allylic oxidation sites excluding steroid dienone is 2. The van der Waals surface area contributed by atoms with Crippen molar-refractivity contribution in [2.45, 2.75) is 26.2 Å². The molecule has 1 fully saturated rings. The molecule has 238 valence electrons. The van der Waals surface area contributed by atoms with Crippen LogP contribution < -0.4 is 25.6 Å². The molecule has 0 bridgehead atoms. The molecule has 2 aromatic rings. The van der Waals surface area contributed by atoms with Gasteiger partial charge in [0.2, 0.25) is 5.96 Å². The van der Waals surface area contributed by atoms with Gasteiger partial charge in [-0.15, -0.1) is 0 Å². The zero-order valence-electron chi connectivity index (χ0n) is 26.5. The number of hydrogen-bond donors (Lipinski definition) is 3. The molecule has 2 heterocycles. The van der Waals surface area contributed by atoms with Crippen LogP contribution in [0.25, 0.3) is 0 Å². The van der Waals surface area contributed by atoms with Crippen molar-refractivity contribution in [3.63, 3.8) is 0 Å². The Balaban J connectivity index is 1.41. The molecule has 2 aliphatic heterocycles. The minimum absolute atomic E-state index is 0.308. The van der Waals surface area contributed by atoms with Gasteiger partial charge in [0.1, 0.15) is 5.75 Å². The first-order valence-corrected chi connectivity index (χ1v) is 14.8. The number of esters is 2. The molecule has 2 aromatic carbocycles. The molecule has 12 heteroatoms. The molecular weight excluding hydrogens is 574 g/mol. The minimum atomic E-state index is -0.721. The number of anilines is 2. The molecule has 0 spiro atoms. The molecule has 1 saturated heterocycles.